The topological polar surface area (TPSA) is 70.7 Å². The van der Waals surface area contributed by atoms with Crippen molar-refractivity contribution in [2.45, 2.75) is 38.3 Å². The lowest BCUT2D eigenvalue weighted by Gasteiger charge is -2.61. The van der Waals surface area contributed by atoms with Gasteiger partial charge in [0.05, 0.1) is 12.7 Å². The van der Waals surface area contributed by atoms with Gasteiger partial charge in [0, 0.05) is 24.6 Å². The number of carbonyl (C=O) groups is 2. The highest BCUT2D eigenvalue weighted by molar-refractivity contribution is 6.02. The first-order valence-corrected chi connectivity index (χ1v) is 8.90. The minimum Gasteiger partial charge on any atom is -0.362 e. The summed E-state index contributed by atoms with van der Waals surface area (Å²) in [4.78, 5) is 30.5. The van der Waals surface area contributed by atoms with Gasteiger partial charge in [-0.25, -0.2) is 5.06 Å². The summed E-state index contributed by atoms with van der Waals surface area (Å²) < 4.78 is 0. The number of benzene rings is 1. The molecule has 1 aromatic rings. The van der Waals surface area contributed by atoms with Crippen molar-refractivity contribution < 1.29 is 14.4 Å². The molecule has 1 aromatic carbocycles. The number of nitrogens with zero attached hydrogens (tertiary/aromatic N) is 1. The molecule has 4 aliphatic rings. The number of nitrogens with one attached hydrogen (secondary N) is 2. The van der Waals surface area contributed by atoms with E-state index in [9.17, 15) is 9.59 Å². The zero-order chi connectivity index (χ0) is 17.8. The van der Waals surface area contributed by atoms with E-state index < -0.39 is 5.66 Å². The van der Waals surface area contributed by atoms with Crippen molar-refractivity contribution in [3.8, 4) is 0 Å². The summed E-state index contributed by atoms with van der Waals surface area (Å²) in [6, 6.07) is 7.62. The Hall–Kier alpha value is -2.08. The quantitative estimate of drug-likeness (QED) is 0.809. The number of amides is 2. The fraction of sp³-hybridized carbons (Fsp3) is 0.579. The Morgan fingerprint density at radius 1 is 1.32 bits per heavy atom. The molecule has 134 valence electrons. The van der Waals surface area contributed by atoms with Gasteiger partial charge in [-0.15, -0.1) is 0 Å². The summed E-state index contributed by atoms with van der Waals surface area (Å²) in [5.41, 5.74) is 0.956. The van der Waals surface area contributed by atoms with Crippen molar-refractivity contribution in [2.75, 3.05) is 19.5 Å². The maximum Gasteiger partial charge on any atom is 0.255 e. The van der Waals surface area contributed by atoms with E-state index in [0.717, 1.165) is 31.4 Å². The van der Waals surface area contributed by atoms with Crippen LogP contribution in [0.15, 0.2) is 24.3 Å². The van der Waals surface area contributed by atoms with Crippen LogP contribution in [0, 0.1) is 17.3 Å². The lowest BCUT2D eigenvalue weighted by atomic mass is 9.51. The average Bonchev–Trinajstić information content (AvgIpc) is 2.60. The predicted octanol–water partition coefficient (Wildman–Crippen LogP) is 2.38. The number of anilines is 1. The van der Waals surface area contributed by atoms with Gasteiger partial charge >= 0.3 is 0 Å². The molecule has 5 rings (SSSR count). The monoisotopic (exact) mass is 343 g/mol. The van der Waals surface area contributed by atoms with Gasteiger partial charge in [-0.2, -0.15) is 0 Å². The molecule has 1 heterocycles. The van der Waals surface area contributed by atoms with Gasteiger partial charge in [-0.1, -0.05) is 19.1 Å². The lowest BCUT2D eigenvalue weighted by Crippen LogP contribution is -2.70. The summed E-state index contributed by atoms with van der Waals surface area (Å²) in [6.45, 7) is 2.17. The molecule has 3 fully saturated rings. The normalized spacial score (nSPS) is 35.7. The molecule has 3 aliphatic carbocycles. The molecule has 1 aliphatic heterocycles. The van der Waals surface area contributed by atoms with E-state index in [-0.39, 0.29) is 29.1 Å². The number of fused-ring (bicyclic) bond motifs is 3. The standard InChI is InChI=1S/C19H25N3O3/c1-18-9-8-12(10-14(18)17(24)22(2)25-3)19(11-18)20-15-7-5-4-6-13(15)16(23)21-19/h4-7,12,14,20H,8-11H2,1-3H3,(H,21,23)/t12-,14+,18+,19-/m1/s1. The third-order valence-electron chi connectivity index (χ3n) is 6.55. The van der Waals surface area contributed by atoms with E-state index in [2.05, 4.69) is 17.6 Å². The molecule has 6 nitrogen and oxygen atoms in total. The number of carbonyl (C=O) groups excluding carboxylic acids is 2. The number of rotatable bonds is 2. The average molecular weight is 343 g/mol. The predicted molar refractivity (Wildman–Crippen MR) is 93.6 cm³/mol. The van der Waals surface area contributed by atoms with E-state index in [1.54, 1.807) is 7.05 Å². The van der Waals surface area contributed by atoms with Crippen LogP contribution in [0.5, 0.6) is 0 Å². The van der Waals surface area contributed by atoms with E-state index >= 15 is 0 Å². The SMILES string of the molecule is CON(C)C(=O)[C@@H]1C[C@H]2CC[C@@]1(C)C[C@@]21NC(=O)c2ccccc2N1. The third kappa shape index (κ3) is 2.34. The Morgan fingerprint density at radius 2 is 2.08 bits per heavy atom. The molecule has 25 heavy (non-hydrogen) atoms. The molecule has 6 heteroatoms. The Kier molecular flexibility index (Phi) is 3.58. The molecule has 1 spiro atoms. The summed E-state index contributed by atoms with van der Waals surface area (Å²) in [7, 11) is 3.18. The molecule has 0 aromatic heterocycles. The minimum absolute atomic E-state index is 0.0256. The molecule has 0 unspecified atom stereocenters. The molecule has 0 radical (unpaired) electrons. The van der Waals surface area contributed by atoms with Gasteiger partial charge in [0.15, 0.2) is 0 Å². The van der Waals surface area contributed by atoms with Gasteiger partial charge in [0.1, 0.15) is 5.66 Å². The minimum atomic E-state index is -0.457. The van der Waals surface area contributed by atoms with E-state index in [0.29, 0.717) is 5.56 Å². The maximum atomic E-state index is 12.8. The van der Waals surface area contributed by atoms with Crippen LogP contribution in [0.3, 0.4) is 0 Å². The van der Waals surface area contributed by atoms with Crippen LogP contribution >= 0.6 is 0 Å². The second-order valence-electron chi connectivity index (χ2n) is 7.97. The zero-order valence-corrected chi connectivity index (χ0v) is 15.0. The van der Waals surface area contributed by atoms with Gasteiger partial charge in [-0.3, -0.25) is 14.4 Å². The number of hydroxylamine groups is 2. The van der Waals surface area contributed by atoms with Gasteiger partial charge < -0.3 is 10.6 Å². The Balaban J connectivity index is 1.66. The zero-order valence-electron chi connectivity index (χ0n) is 15.0. The van der Waals surface area contributed by atoms with Crippen molar-refractivity contribution in [3.05, 3.63) is 29.8 Å². The van der Waals surface area contributed by atoms with Crippen LogP contribution in [0.2, 0.25) is 0 Å². The van der Waals surface area contributed by atoms with Crippen LogP contribution in [-0.4, -0.2) is 36.7 Å². The van der Waals surface area contributed by atoms with Crippen molar-refractivity contribution in [2.24, 2.45) is 17.3 Å². The lowest BCUT2D eigenvalue weighted by molar-refractivity contribution is -0.186. The van der Waals surface area contributed by atoms with Crippen molar-refractivity contribution in [3.63, 3.8) is 0 Å². The molecular weight excluding hydrogens is 318 g/mol. The van der Waals surface area contributed by atoms with Gasteiger partial charge in [-0.05, 0) is 43.2 Å². The molecule has 2 N–H and O–H groups in total. The van der Waals surface area contributed by atoms with Crippen molar-refractivity contribution >= 4 is 17.5 Å². The second kappa shape index (κ2) is 5.46. The fourth-order valence-electron chi connectivity index (χ4n) is 5.14. The molecule has 4 atom stereocenters. The van der Waals surface area contributed by atoms with Crippen LogP contribution in [-0.2, 0) is 9.63 Å². The van der Waals surface area contributed by atoms with Crippen LogP contribution in [0.1, 0.15) is 43.0 Å². The second-order valence-corrected chi connectivity index (χ2v) is 7.97. The van der Waals surface area contributed by atoms with E-state index in [1.807, 2.05) is 24.3 Å². The fourth-order valence-corrected chi connectivity index (χ4v) is 5.14. The first-order chi connectivity index (χ1) is 11.9. The molecule has 2 bridgehead atoms. The maximum absolute atomic E-state index is 12.8. The van der Waals surface area contributed by atoms with Crippen LogP contribution in [0.25, 0.3) is 0 Å². The highest BCUT2D eigenvalue weighted by Gasteiger charge is 2.60. The van der Waals surface area contributed by atoms with Crippen LogP contribution < -0.4 is 10.6 Å². The van der Waals surface area contributed by atoms with E-state index in [1.165, 1.54) is 12.2 Å². The highest BCUT2D eigenvalue weighted by Crippen LogP contribution is 2.58. The van der Waals surface area contributed by atoms with Crippen molar-refractivity contribution in [1.82, 2.24) is 10.4 Å². The summed E-state index contributed by atoms with van der Waals surface area (Å²) in [5, 5.41) is 8.19. The van der Waals surface area contributed by atoms with Crippen molar-refractivity contribution in [1.29, 1.82) is 0 Å². The number of hydrogen-bond donors (Lipinski definition) is 2. The van der Waals surface area contributed by atoms with Crippen LogP contribution in [0.4, 0.5) is 5.69 Å². The smallest absolute Gasteiger partial charge is 0.255 e. The van der Waals surface area contributed by atoms with Gasteiger partial charge in [0.25, 0.3) is 5.91 Å². The third-order valence-corrected chi connectivity index (χ3v) is 6.55. The Morgan fingerprint density at radius 3 is 2.80 bits per heavy atom. The highest BCUT2D eigenvalue weighted by atomic mass is 16.7. The summed E-state index contributed by atoms with van der Waals surface area (Å²) >= 11 is 0. The summed E-state index contributed by atoms with van der Waals surface area (Å²) in [5.74, 6) is 0.165. The molecular formula is C19H25N3O3. The van der Waals surface area contributed by atoms with Gasteiger partial charge in [0.2, 0.25) is 5.91 Å². The Bertz CT molecular complexity index is 736. The molecule has 0 saturated heterocycles. The summed E-state index contributed by atoms with van der Waals surface area (Å²) in [6.07, 6.45) is 3.51. The Labute approximate surface area is 147 Å². The van der Waals surface area contributed by atoms with E-state index in [4.69, 9.17) is 4.84 Å². The molecule has 3 saturated carbocycles. The number of para-hydroxylation sites is 1. The first-order valence-electron chi connectivity index (χ1n) is 8.90. The molecule has 2 amide bonds. The largest absolute Gasteiger partial charge is 0.362 e. The number of hydrogen-bond acceptors (Lipinski definition) is 4. The first kappa shape index (κ1) is 16.4.